The minimum absolute atomic E-state index is 0.350. The second-order valence-electron chi connectivity index (χ2n) is 7.82. The van der Waals surface area contributed by atoms with Gasteiger partial charge in [0.05, 0.1) is 12.9 Å². The number of nitrogens with zero attached hydrogens (tertiary/aromatic N) is 2. The highest BCUT2D eigenvalue weighted by Crippen LogP contribution is 2.14. The first kappa shape index (κ1) is 23.3. The molecule has 0 saturated carbocycles. The van der Waals surface area contributed by atoms with Crippen molar-refractivity contribution in [1.29, 1.82) is 0 Å². The summed E-state index contributed by atoms with van der Waals surface area (Å²) in [4.78, 5) is 0. The Morgan fingerprint density at radius 1 is 0.750 bits per heavy atom. The number of rotatable bonds is 12. The molecule has 3 aromatic carbocycles. The fourth-order valence-corrected chi connectivity index (χ4v) is 3.53. The van der Waals surface area contributed by atoms with Gasteiger partial charge < -0.3 is 0 Å². The fraction of sp³-hybridized carbons (Fsp3) is 0.241. The van der Waals surface area contributed by atoms with Crippen LogP contribution in [0.4, 0.5) is 4.39 Å². The summed E-state index contributed by atoms with van der Waals surface area (Å²) in [7, 11) is 0. The molecule has 3 aromatic rings. The van der Waals surface area contributed by atoms with Crippen LogP contribution >= 0.6 is 0 Å². The first-order chi connectivity index (χ1) is 15.8. The van der Waals surface area contributed by atoms with Crippen LogP contribution in [0.1, 0.15) is 53.5 Å². The second-order valence-corrected chi connectivity index (χ2v) is 7.82. The highest BCUT2D eigenvalue weighted by molar-refractivity contribution is 6.13. The third-order valence-electron chi connectivity index (χ3n) is 5.38. The van der Waals surface area contributed by atoms with Crippen molar-refractivity contribution >= 4 is 11.9 Å². The van der Waals surface area contributed by atoms with E-state index in [1.54, 1.807) is 6.21 Å². The summed E-state index contributed by atoms with van der Waals surface area (Å²) in [5.41, 5.74) is 6.10. The van der Waals surface area contributed by atoms with E-state index in [0.717, 1.165) is 40.8 Å². The molecule has 0 aliphatic carbocycles. The second kappa shape index (κ2) is 13.2. The molecule has 0 radical (unpaired) electrons. The lowest BCUT2D eigenvalue weighted by Crippen LogP contribution is -2.03. The number of hydrogen-bond donors (Lipinski definition) is 0. The number of allylic oxidation sites excluding steroid dienone is 1. The number of unbranched alkanes of at least 4 members (excludes halogenated alkanes) is 3. The van der Waals surface area contributed by atoms with E-state index in [9.17, 15) is 4.39 Å². The average Bonchev–Trinajstić information content (AvgIpc) is 2.84. The van der Waals surface area contributed by atoms with Gasteiger partial charge in [0.15, 0.2) is 0 Å². The van der Waals surface area contributed by atoms with Crippen molar-refractivity contribution in [3.8, 4) is 0 Å². The van der Waals surface area contributed by atoms with Gasteiger partial charge in [-0.05, 0) is 42.4 Å². The molecule has 0 aromatic heterocycles. The van der Waals surface area contributed by atoms with E-state index in [-0.39, 0.29) is 6.67 Å². The quantitative estimate of drug-likeness (QED) is 0.125. The van der Waals surface area contributed by atoms with Crippen LogP contribution < -0.4 is 0 Å². The van der Waals surface area contributed by atoms with E-state index < -0.39 is 0 Å². The Morgan fingerprint density at radius 2 is 1.41 bits per heavy atom. The average molecular weight is 427 g/mol. The van der Waals surface area contributed by atoms with Gasteiger partial charge in [0.1, 0.15) is 5.71 Å². The molecule has 0 bridgehead atoms. The third-order valence-corrected chi connectivity index (χ3v) is 5.38. The van der Waals surface area contributed by atoms with Crippen LogP contribution in [0.2, 0.25) is 0 Å². The first-order valence-electron chi connectivity index (χ1n) is 11.3. The Hall–Kier alpha value is -3.33. The van der Waals surface area contributed by atoms with Crippen LogP contribution in [0.5, 0.6) is 0 Å². The van der Waals surface area contributed by atoms with Crippen molar-refractivity contribution in [3.63, 3.8) is 0 Å². The lowest BCUT2D eigenvalue weighted by Gasteiger charge is -2.07. The summed E-state index contributed by atoms with van der Waals surface area (Å²) >= 11 is 0. The number of hydrogen-bond acceptors (Lipinski definition) is 2. The van der Waals surface area contributed by atoms with Crippen LogP contribution in [0.25, 0.3) is 0 Å². The van der Waals surface area contributed by atoms with Gasteiger partial charge in [-0.1, -0.05) is 91.4 Å². The van der Waals surface area contributed by atoms with E-state index in [2.05, 4.69) is 41.0 Å². The SMILES string of the molecule is C=CCCCCCc1ccc(C=NN=C(c2ccccc2)c2ccc(CCF)cc2)cc1. The zero-order valence-corrected chi connectivity index (χ0v) is 18.6. The zero-order valence-electron chi connectivity index (χ0n) is 18.6. The van der Waals surface area contributed by atoms with Crippen molar-refractivity contribution in [2.75, 3.05) is 6.67 Å². The minimum atomic E-state index is -0.350. The Labute approximate surface area is 191 Å². The fourth-order valence-electron chi connectivity index (χ4n) is 3.53. The number of halogens is 1. The van der Waals surface area contributed by atoms with Crippen LogP contribution in [0.15, 0.2) is 102 Å². The monoisotopic (exact) mass is 426 g/mol. The van der Waals surface area contributed by atoms with E-state index in [4.69, 9.17) is 0 Å². The van der Waals surface area contributed by atoms with Gasteiger partial charge in [-0.3, -0.25) is 4.39 Å². The van der Waals surface area contributed by atoms with Crippen molar-refractivity contribution in [2.45, 2.75) is 38.5 Å². The molecule has 164 valence electrons. The lowest BCUT2D eigenvalue weighted by atomic mass is 10.0. The molecule has 3 heteroatoms. The van der Waals surface area contributed by atoms with E-state index in [0.29, 0.717) is 6.42 Å². The summed E-state index contributed by atoms with van der Waals surface area (Å²) in [5, 5.41) is 8.91. The molecule has 2 nitrogen and oxygen atoms in total. The predicted octanol–water partition coefficient (Wildman–Crippen LogP) is 7.36. The molecule has 0 spiro atoms. The van der Waals surface area contributed by atoms with Gasteiger partial charge in [0.25, 0.3) is 0 Å². The summed E-state index contributed by atoms with van der Waals surface area (Å²) in [5.74, 6) is 0. The summed E-state index contributed by atoms with van der Waals surface area (Å²) in [6, 6.07) is 26.4. The van der Waals surface area contributed by atoms with Crippen LogP contribution in [0, 0.1) is 0 Å². The van der Waals surface area contributed by atoms with E-state index in [1.807, 2.05) is 60.7 Å². The first-order valence-corrected chi connectivity index (χ1v) is 11.3. The van der Waals surface area contributed by atoms with Gasteiger partial charge in [0.2, 0.25) is 0 Å². The molecule has 0 aliphatic rings. The van der Waals surface area contributed by atoms with Crippen molar-refractivity contribution in [3.05, 3.63) is 119 Å². The number of benzene rings is 3. The molecular weight excluding hydrogens is 395 g/mol. The predicted molar refractivity (Wildman–Crippen MR) is 135 cm³/mol. The van der Waals surface area contributed by atoms with Crippen LogP contribution in [-0.4, -0.2) is 18.6 Å². The molecule has 0 saturated heterocycles. The highest BCUT2D eigenvalue weighted by Gasteiger charge is 2.07. The van der Waals surface area contributed by atoms with Gasteiger partial charge >= 0.3 is 0 Å². The highest BCUT2D eigenvalue weighted by atomic mass is 19.1. The molecule has 0 fully saturated rings. The topological polar surface area (TPSA) is 24.7 Å². The van der Waals surface area contributed by atoms with Gasteiger partial charge in [0, 0.05) is 17.5 Å². The molecule has 0 heterocycles. The van der Waals surface area contributed by atoms with Gasteiger partial charge in [-0.25, -0.2) is 0 Å². The molecular formula is C29H31FN2. The molecule has 0 amide bonds. The molecule has 3 rings (SSSR count). The lowest BCUT2D eigenvalue weighted by molar-refractivity contribution is 0.495. The summed E-state index contributed by atoms with van der Waals surface area (Å²) < 4.78 is 12.6. The van der Waals surface area contributed by atoms with E-state index in [1.165, 1.54) is 24.8 Å². The minimum Gasteiger partial charge on any atom is -0.251 e. The van der Waals surface area contributed by atoms with Crippen LogP contribution in [-0.2, 0) is 12.8 Å². The maximum Gasteiger partial charge on any atom is 0.100 e. The standard InChI is InChI=1S/C29H31FN2/c1-2-3-4-5-7-10-24-13-15-26(16-14-24)23-31-32-29(27-11-8-6-9-12-27)28-19-17-25(18-20-28)21-22-30/h2,6,8-9,11-20,23H,1,3-5,7,10,21-22H2. The normalized spacial score (nSPS) is 11.7. The smallest absolute Gasteiger partial charge is 0.100 e. The van der Waals surface area contributed by atoms with Crippen LogP contribution in [0.3, 0.4) is 0 Å². The number of aryl methyl sites for hydroxylation is 2. The Morgan fingerprint density at radius 3 is 2.09 bits per heavy atom. The summed E-state index contributed by atoms with van der Waals surface area (Å²) in [6.07, 6.45) is 10.1. The molecule has 0 unspecified atom stereocenters. The molecule has 32 heavy (non-hydrogen) atoms. The van der Waals surface area contributed by atoms with Crippen molar-refractivity contribution in [1.82, 2.24) is 0 Å². The number of alkyl halides is 1. The van der Waals surface area contributed by atoms with Crippen molar-refractivity contribution in [2.24, 2.45) is 10.2 Å². The third kappa shape index (κ3) is 7.42. The maximum atomic E-state index is 12.6. The molecule has 0 atom stereocenters. The maximum absolute atomic E-state index is 12.6. The largest absolute Gasteiger partial charge is 0.251 e. The summed E-state index contributed by atoms with van der Waals surface area (Å²) in [6.45, 7) is 3.42. The van der Waals surface area contributed by atoms with E-state index >= 15 is 0 Å². The van der Waals surface area contributed by atoms with Gasteiger partial charge in [-0.2, -0.15) is 5.10 Å². The Balaban J connectivity index is 1.70. The Bertz CT molecular complexity index is 1000. The zero-order chi connectivity index (χ0) is 22.4. The molecule has 0 N–H and O–H groups in total. The van der Waals surface area contributed by atoms with Crippen molar-refractivity contribution < 1.29 is 4.39 Å². The Kier molecular flexibility index (Phi) is 9.60. The molecule has 0 aliphatic heterocycles. The van der Waals surface area contributed by atoms with Gasteiger partial charge in [-0.15, -0.1) is 11.7 Å².